The highest BCUT2D eigenvalue weighted by Gasteiger charge is 2.29. The molecule has 22 heavy (non-hydrogen) atoms. The van der Waals surface area contributed by atoms with Crippen molar-refractivity contribution >= 4 is 11.7 Å². The number of anilines is 1. The second-order valence-corrected chi connectivity index (χ2v) is 6.05. The molecule has 4 nitrogen and oxygen atoms in total. The van der Waals surface area contributed by atoms with E-state index in [9.17, 15) is 9.18 Å². The monoisotopic (exact) mass is 297 g/mol. The van der Waals surface area contributed by atoms with Crippen LogP contribution < -0.4 is 5.32 Å². The first-order valence-corrected chi connectivity index (χ1v) is 7.60. The standard InChI is InChI=1S/C17H16FN3O/c18-12-3-1-10(2-4-12)11-7-15-14(16(22)8-11)9-19-17(21-15)20-13-5-6-13/h1-4,9,11,13H,5-8H2,(H,19,20,21)/t11-/m1/s1. The Morgan fingerprint density at radius 1 is 1.14 bits per heavy atom. The van der Waals surface area contributed by atoms with Crippen molar-refractivity contribution in [3.63, 3.8) is 0 Å². The second kappa shape index (κ2) is 5.16. The molecule has 1 fully saturated rings. The lowest BCUT2D eigenvalue weighted by Crippen LogP contribution is -2.21. The number of benzene rings is 1. The van der Waals surface area contributed by atoms with Crippen LogP contribution in [-0.4, -0.2) is 21.8 Å². The van der Waals surface area contributed by atoms with Crippen LogP contribution in [0, 0.1) is 5.82 Å². The average molecular weight is 297 g/mol. The largest absolute Gasteiger partial charge is 0.351 e. The van der Waals surface area contributed by atoms with Gasteiger partial charge in [0.25, 0.3) is 0 Å². The summed E-state index contributed by atoms with van der Waals surface area (Å²) in [5.74, 6) is 0.469. The summed E-state index contributed by atoms with van der Waals surface area (Å²) in [6.45, 7) is 0. The predicted octanol–water partition coefficient (Wildman–Crippen LogP) is 3.10. The molecule has 1 N–H and O–H groups in total. The number of nitrogens with zero attached hydrogens (tertiary/aromatic N) is 2. The molecular formula is C17H16FN3O. The molecule has 5 heteroatoms. The number of hydrogen-bond acceptors (Lipinski definition) is 4. The van der Waals surface area contributed by atoms with Crippen molar-refractivity contribution in [2.24, 2.45) is 0 Å². The average Bonchev–Trinajstić information content (AvgIpc) is 3.31. The van der Waals surface area contributed by atoms with Crippen molar-refractivity contribution in [2.45, 2.75) is 37.6 Å². The molecule has 2 aliphatic carbocycles. The summed E-state index contributed by atoms with van der Waals surface area (Å²) in [4.78, 5) is 21.1. The van der Waals surface area contributed by atoms with E-state index in [1.54, 1.807) is 18.3 Å². The highest BCUT2D eigenvalue weighted by atomic mass is 19.1. The van der Waals surface area contributed by atoms with Gasteiger partial charge < -0.3 is 5.32 Å². The van der Waals surface area contributed by atoms with E-state index >= 15 is 0 Å². The van der Waals surface area contributed by atoms with Crippen molar-refractivity contribution in [1.82, 2.24) is 9.97 Å². The Labute approximate surface area is 127 Å². The van der Waals surface area contributed by atoms with Crippen LogP contribution in [0.5, 0.6) is 0 Å². The van der Waals surface area contributed by atoms with Gasteiger partial charge in [-0.2, -0.15) is 0 Å². The fourth-order valence-electron chi connectivity index (χ4n) is 2.90. The van der Waals surface area contributed by atoms with Gasteiger partial charge in [0.2, 0.25) is 5.95 Å². The lowest BCUT2D eigenvalue weighted by molar-refractivity contribution is 0.0962. The van der Waals surface area contributed by atoms with Gasteiger partial charge in [0.1, 0.15) is 5.82 Å². The highest BCUT2D eigenvalue weighted by molar-refractivity contribution is 5.98. The molecule has 2 aromatic rings. The molecule has 1 atom stereocenters. The first kappa shape index (κ1) is 13.4. The minimum absolute atomic E-state index is 0.0595. The van der Waals surface area contributed by atoms with Gasteiger partial charge in [-0.1, -0.05) is 12.1 Å². The summed E-state index contributed by atoms with van der Waals surface area (Å²) in [6, 6.07) is 6.86. The first-order valence-electron chi connectivity index (χ1n) is 7.60. The van der Waals surface area contributed by atoms with Crippen molar-refractivity contribution in [1.29, 1.82) is 0 Å². The van der Waals surface area contributed by atoms with Crippen LogP contribution in [0.2, 0.25) is 0 Å². The quantitative estimate of drug-likeness (QED) is 0.946. The highest BCUT2D eigenvalue weighted by Crippen LogP contribution is 2.32. The zero-order valence-corrected chi connectivity index (χ0v) is 12.1. The number of nitrogens with one attached hydrogen (secondary N) is 1. The Hall–Kier alpha value is -2.30. The van der Waals surface area contributed by atoms with Gasteiger partial charge in [-0.25, -0.2) is 14.4 Å². The normalized spacial score (nSPS) is 20.6. The number of ketones is 1. The fraction of sp³-hybridized carbons (Fsp3) is 0.353. The number of fused-ring (bicyclic) bond motifs is 1. The fourth-order valence-corrected chi connectivity index (χ4v) is 2.90. The van der Waals surface area contributed by atoms with Gasteiger partial charge in [0.05, 0.1) is 11.3 Å². The number of hydrogen-bond donors (Lipinski definition) is 1. The van der Waals surface area contributed by atoms with E-state index < -0.39 is 0 Å². The summed E-state index contributed by atoms with van der Waals surface area (Å²) < 4.78 is 13.1. The number of carbonyl (C=O) groups excluding carboxylic acids is 1. The van der Waals surface area contributed by atoms with Gasteiger partial charge in [0.15, 0.2) is 5.78 Å². The summed E-state index contributed by atoms with van der Waals surface area (Å²) in [6.07, 6.45) is 5.05. The molecule has 4 rings (SSSR count). The number of aromatic nitrogens is 2. The van der Waals surface area contributed by atoms with Crippen molar-refractivity contribution in [3.8, 4) is 0 Å². The Balaban J connectivity index is 1.62. The van der Waals surface area contributed by atoms with Crippen LogP contribution in [0.15, 0.2) is 30.5 Å². The van der Waals surface area contributed by atoms with E-state index in [4.69, 9.17) is 0 Å². The van der Waals surface area contributed by atoms with Crippen LogP contribution in [0.4, 0.5) is 10.3 Å². The molecule has 0 aliphatic heterocycles. The molecule has 0 bridgehead atoms. The van der Waals surface area contributed by atoms with E-state index in [2.05, 4.69) is 15.3 Å². The smallest absolute Gasteiger partial charge is 0.223 e. The molecule has 0 amide bonds. The number of carbonyl (C=O) groups is 1. The van der Waals surface area contributed by atoms with Gasteiger partial charge in [-0.05, 0) is 42.9 Å². The lowest BCUT2D eigenvalue weighted by atomic mass is 9.82. The zero-order chi connectivity index (χ0) is 15.1. The van der Waals surface area contributed by atoms with Crippen LogP contribution >= 0.6 is 0 Å². The van der Waals surface area contributed by atoms with Crippen LogP contribution in [0.3, 0.4) is 0 Å². The third-order valence-electron chi connectivity index (χ3n) is 4.29. The van der Waals surface area contributed by atoms with E-state index in [0.717, 1.165) is 24.1 Å². The number of rotatable bonds is 3. The Bertz CT molecular complexity index is 725. The van der Waals surface area contributed by atoms with E-state index in [-0.39, 0.29) is 17.5 Å². The molecule has 2 aliphatic rings. The van der Waals surface area contributed by atoms with Crippen molar-refractivity contribution in [3.05, 3.63) is 53.1 Å². The molecule has 1 heterocycles. The maximum absolute atomic E-state index is 13.1. The predicted molar refractivity (Wildman–Crippen MR) is 80.5 cm³/mol. The molecule has 0 spiro atoms. The van der Waals surface area contributed by atoms with Gasteiger partial charge in [-0.15, -0.1) is 0 Å². The van der Waals surface area contributed by atoms with Crippen LogP contribution in [-0.2, 0) is 6.42 Å². The van der Waals surface area contributed by atoms with Gasteiger partial charge in [-0.3, -0.25) is 4.79 Å². The Morgan fingerprint density at radius 2 is 1.91 bits per heavy atom. The molecule has 0 radical (unpaired) electrons. The lowest BCUT2D eigenvalue weighted by Gasteiger charge is -2.23. The van der Waals surface area contributed by atoms with Crippen LogP contribution in [0.1, 0.15) is 46.8 Å². The van der Waals surface area contributed by atoms with Crippen molar-refractivity contribution < 1.29 is 9.18 Å². The van der Waals surface area contributed by atoms with Crippen LogP contribution in [0.25, 0.3) is 0 Å². The summed E-state index contributed by atoms with van der Waals surface area (Å²) in [5, 5.41) is 3.26. The summed E-state index contributed by atoms with van der Waals surface area (Å²) in [7, 11) is 0. The molecular weight excluding hydrogens is 281 g/mol. The van der Waals surface area contributed by atoms with E-state index in [0.29, 0.717) is 30.4 Å². The minimum Gasteiger partial charge on any atom is -0.351 e. The third kappa shape index (κ3) is 2.58. The summed E-state index contributed by atoms with van der Waals surface area (Å²) in [5.41, 5.74) is 2.40. The maximum Gasteiger partial charge on any atom is 0.223 e. The number of Topliss-reactive ketones (excluding diaryl/α,β-unsaturated/α-hetero) is 1. The molecule has 0 saturated heterocycles. The van der Waals surface area contributed by atoms with E-state index in [1.165, 1.54) is 12.1 Å². The van der Waals surface area contributed by atoms with E-state index in [1.807, 2.05) is 0 Å². The molecule has 112 valence electrons. The summed E-state index contributed by atoms with van der Waals surface area (Å²) >= 11 is 0. The van der Waals surface area contributed by atoms with Crippen molar-refractivity contribution in [2.75, 3.05) is 5.32 Å². The molecule has 0 unspecified atom stereocenters. The molecule has 1 saturated carbocycles. The Morgan fingerprint density at radius 3 is 2.64 bits per heavy atom. The number of halogens is 1. The second-order valence-electron chi connectivity index (χ2n) is 6.05. The Kier molecular flexibility index (Phi) is 3.13. The SMILES string of the molecule is O=C1C[C@H](c2ccc(F)cc2)Cc2nc(NC3CC3)ncc21. The molecule has 1 aromatic heterocycles. The maximum atomic E-state index is 13.1. The zero-order valence-electron chi connectivity index (χ0n) is 12.1. The van der Waals surface area contributed by atoms with Gasteiger partial charge >= 0.3 is 0 Å². The third-order valence-corrected chi connectivity index (χ3v) is 4.29. The topological polar surface area (TPSA) is 54.9 Å². The first-order chi connectivity index (χ1) is 10.7. The minimum atomic E-state index is -0.260. The molecule has 1 aromatic carbocycles. The van der Waals surface area contributed by atoms with Gasteiger partial charge in [0, 0.05) is 18.7 Å².